The lowest BCUT2D eigenvalue weighted by atomic mass is 9.99. The Morgan fingerprint density at radius 2 is 1.97 bits per heavy atom. The molecule has 1 atom stereocenters. The van der Waals surface area contributed by atoms with Gasteiger partial charge in [-0.15, -0.1) is 6.58 Å². The first-order chi connectivity index (χ1) is 13.6. The lowest BCUT2D eigenvalue weighted by Crippen LogP contribution is -2.43. The van der Waals surface area contributed by atoms with E-state index >= 15 is 0 Å². The molecule has 0 unspecified atom stereocenters. The number of esters is 1. The van der Waals surface area contributed by atoms with Crippen molar-refractivity contribution in [3.05, 3.63) is 70.8 Å². The zero-order valence-corrected chi connectivity index (χ0v) is 17.3. The molecule has 0 aliphatic carbocycles. The molecule has 0 saturated carbocycles. The minimum atomic E-state index is -0.853. The van der Waals surface area contributed by atoms with Gasteiger partial charge in [0, 0.05) is 30.4 Å². The summed E-state index contributed by atoms with van der Waals surface area (Å²) in [4.78, 5) is 39.7. The van der Waals surface area contributed by atoms with E-state index in [-0.39, 0.29) is 23.6 Å². The Kier molecular flexibility index (Phi) is 6.74. The summed E-state index contributed by atoms with van der Waals surface area (Å²) in [5, 5.41) is 0. The minimum Gasteiger partial charge on any atom is -0.464 e. The van der Waals surface area contributed by atoms with Crippen molar-refractivity contribution in [2.24, 2.45) is 7.05 Å². The quantitative estimate of drug-likeness (QED) is 0.405. The van der Waals surface area contributed by atoms with Crippen LogP contribution in [0.2, 0.25) is 0 Å². The predicted molar refractivity (Wildman–Crippen MR) is 108 cm³/mol. The van der Waals surface area contributed by atoms with Crippen LogP contribution in [0.1, 0.15) is 49.4 Å². The maximum Gasteiger partial charge on any atom is 0.354 e. The van der Waals surface area contributed by atoms with Gasteiger partial charge in [0.05, 0.1) is 13.2 Å². The van der Waals surface area contributed by atoms with Crippen LogP contribution in [0.25, 0.3) is 0 Å². The minimum absolute atomic E-state index is 0.108. The molecule has 0 aliphatic rings. The Morgan fingerprint density at radius 3 is 2.52 bits per heavy atom. The molecule has 2 aromatic rings. The molecule has 154 valence electrons. The van der Waals surface area contributed by atoms with E-state index in [0.29, 0.717) is 16.8 Å². The molecule has 0 radical (unpaired) electrons. The zero-order valence-electron chi connectivity index (χ0n) is 17.3. The third-order valence-electron chi connectivity index (χ3n) is 5.06. The number of ether oxygens (including phenoxy) is 1. The summed E-state index contributed by atoms with van der Waals surface area (Å²) in [6.07, 6.45) is 1.51. The van der Waals surface area contributed by atoms with Crippen LogP contribution in [0, 0.1) is 19.7 Å². The number of carbonyl (C=O) groups excluding carboxylic acids is 3. The molecule has 0 N–H and O–H groups in total. The number of hydrogen-bond acceptors (Lipinski definition) is 4. The second-order valence-electron chi connectivity index (χ2n) is 6.78. The van der Waals surface area contributed by atoms with E-state index in [1.54, 1.807) is 32.4 Å². The van der Waals surface area contributed by atoms with E-state index in [4.69, 9.17) is 4.74 Å². The highest BCUT2D eigenvalue weighted by molar-refractivity contribution is 6.07. The summed E-state index contributed by atoms with van der Waals surface area (Å²) in [6.45, 7) is 8.76. The Bertz CT molecular complexity index is 977. The van der Waals surface area contributed by atoms with Crippen LogP contribution in [-0.4, -0.2) is 46.8 Å². The molecular formula is C22H25FN2O4. The van der Waals surface area contributed by atoms with E-state index in [2.05, 4.69) is 6.58 Å². The SMILES string of the molecule is C=CCN(C(=O)c1cccc(F)c1)[C@H](C)C(=O)c1c(C)c(C(=O)OC)n(C)c1C. The van der Waals surface area contributed by atoms with Crippen molar-refractivity contribution in [3.63, 3.8) is 0 Å². The van der Waals surface area contributed by atoms with E-state index in [0.717, 1.165) is 6.07 Å². The van der Waals surface area contributed by atoms with Gasteiger partial charge in [-0.25, -0.2) is 9.18 Å². The fourth-order valence-electron chi connectivity index (χ4n) is 3.42. The smallest absolute Gasteiger partial charge is 0.354 e. The van der Waals surface area contributed by atoms with Gasteiger partial charge >= 0.3 is 5.97 Å². The lowest BCUT2D eigenvalue weighted by Gasteiger charge is -2.27. The van der Waals surface area contributed by atoms with E-state index in [1.807, 2.05) is 0 Å². The fourth-order valence-corrected chi connectivity index (χ4v) is 3.42. The molecule has 1 amide bonds. The number of rotatable bonds is 7. The second-order valence-corrected chi connectivity index (χ2v) is 6.78. The monoisotopic (exact) mass is 400 g/mol. The first kappa shape index (κ1) is 22.1. The summed E-state index contributed by atoms with van der Waals surface area (Å²) >= 11 is 0. The van der Waals surface area contributed by atoms with Crippen molar-refractivity contribution in [3.8, 4) is 0 Å². The molecular weight excluding hydrogens is 375 g/mol. The number of hydrogen-bond donors (Lipinski definition) is 0. The number of carbonyl (C=O) groups is 3. The van der Waals surface area contributed by atoms with Crippen molar-refractivity contribution in [2.75, 3.05) is 13.7 Å². The van der Waals surface area contributed by atoms with Crippen LogP contribution >= 0.6 is 0 Å². The highest BCUT2D eigenvalue weighted by Crippen LogP contribution is 2.25. The summed E-state index contributed by atoms with van der Waals surface area (Å²) in [5.41, 5.74) is 1.87. The predicted octanol–water partition coefficient (Wildman–Crippen LogP) is 3.47. The molecule has 0 spiro atoms. The third kappa shape index (κ3) is 4.13. The largest absolute Gasteiger partial charge is 0.464 e. The molecule has 6 nitrogen and oxygen atoms in total. The van der Waals surface area contributed by atoms with Crippen molar-refractivity contribution in [1.82, 2.24) is 9.47 Å². The van der Waals surface area contributed by atoms with Gasteiger partial charge in [-0.1, -0.05) is 12.1 Å². The van der Waals surface area contributed by atoms with Gasteiger partial charge in [-0.3, -0.25) is 9.59 Å². The Hall–Kier alpha value is -3.22. The molecule has 0 fully saturated rings. The molecule has 0 aliphatic heterocycles. The van der Waals surface area contributed by atoms with Crippen LogP contribution in [0.15, 0.2) is 36.9 Å². The summed E-state index contributed by atoms with van der Waals surface area (Å²) < 4.78 is 20.0. The summed E-state index contributed by atoms with van der Waals surface area (Å²) in [5.74, 6) is -1.88. The lowest BCUT2D eigenvalue weighted by molar-refractivity contribution is 0.0588. The van der Waals surface area contributed by atoms with Gasteiger partial charge in [0.25, 0.3) is 5.91 Å². The zero-order chi connectivity index (χ0) is 21.9. The average molecular weight is 400 g/mol. The van der Waals surface area contributed by atoms with E-state index < -0.39 is 23.7 Å². The molecule has 0 bridgehead atoms. The standard InChI is InChI=1S/C22H25FN2O4/c1-7-11-25(21(27)16-9-8-10-17(23)12-16)15(4)20(26)18-13(2)19(22(28)29-6)24(5)14(18)3/h7-10,12,15H,1,11H2,2-6H3/t15-/m1/s1. The molecule has 29 heavy (non-hydrogen) atoms. The van der Waals surface area contributed by atoms with Crippen LogP contribution < -0.4 is 0 Å². The number of benzene rings is 1. The molecule has 7 heteroatoms. The first-order valence-corrected chi connectivity index (χ1v) is 9.11. The van der Waals surface area contributed by atoms with Gasteiger partial charge in [0.1, 0.15) is 11.5 Å². The van der Waals surface area contributed by atoms with Crippen molar-refractivity contribution in [2.45, 2.75) is 26.8 Å². The second kappa shape index (κ2) is 8.86. The van der Waals surface area contributed by atoms with E-state index in [1.165, 1.54) is 36.3 Å². The van der Waals surface area contributed by atoms with Gasteiger partial charge in [0.2, 0.25) is 0 Å². The Balaban J connectivity index is 2.47. The highest BCUT2D eigenvalue weighted by Gasteiger charge is 2.32. The number of halogens is 1. The van der Waals surface area contributed by atoms with Crippen molar-refractivity contribution in [1.29, 1.82) is 0 Å². The maximum atomic E-state index is 13.6. The number of aromatic nitrogens is 1. The fraction of sp³-hybridized carbons (Fsp3) is 0.318. The first-order valence-electron chi connectivity index (χ1n) is 9.11. The number of Topliss-reactive ketones (excluding diaryl/α,β-unsaturated/α-hetero) is 1. The summed E-state index contributed by atoms with van der Waals surface area (Å²) in [6, 6.07) is 4.45. The Morgan fingerprint density at radius 1 is 1.31 bits per heavy atom. The average Bonchev–Trinajstić information content (AvgIpc) is 2.92. The molecule has 1 aromatic heterocycles. The summed E-state index contributed by atoms with van der Waals surface area (Å²) in [7, 11) is 2.95. The number of amides is 1. The molecule has 1 heterocycles. The van der Waals surface area contributed by atoms with Gasteiger partial charge in [0.15, 0.2) is 5.78 Å². The maximum absolute atomic E-state index is 13.6. The Labute approximate surface area is 169 Å². The van der Waals surface area contributed by atoms with Gasteiger partial charge < -0.3 is 14.2 Å². The highest BCUT2D eigenvalue weighted by atomic mass is 19.1. The topological polar surface area (TPSA) is 68.6 Å². The number of nitrogens with zero attached hydrogens (tertiary/aromatic N) is 2. The van der Waals surface area contributed by atoms with Crippen molar-refractivity contribution < 1.29 is 23.5 Å². The normalized spacial score (nSPS) is 11.7. The molecule has 2 rings (SSSR count). The van der Waals surface area contributed by atoms with Crippen LogP contribution in [0.3, 0.4) is 0 Å². The van der Waals surface area contributed by atoms with Gasteiger partial charge in [-0.2, -0.15) is 0 Å². The number of methoxy groups -OCH3 is 1. The van der Waals surface area contributed by atoms with Gasteiger partial charge in [-0.05, 0) is 44.5 Å². The van der Waals surface area contributed by atoms with Crippen LogP contribution in [0.5, 0.6) is 0 Å². The molecule has 0 saturated heterocycles. The third-order valence-corrected chi connectivity index (χ3v) is 5.06. The number of ketones is 1. The molecule has 1 aromatic carbocycles. The van der Waals surface area contributed by atoms with Crippen molar-refractivity contribution >= 4 is 17.7 Å². The van der Waals surface area contributed by atoms with E-state index in [9.17, 15) is 18.8 Å². The van der Waals surface area contributed by atoms with Crippen LogP contribution in [-0.2, 0) is 11.8 Å². The van der Waals surface area contributed by atoms with Crippen LogP contribution in [0.4, 0.5) is 4.39 Å².